The van der Waals surface area contributed by atoms with Crippen molar-refractivity contribution in [2.75, 3.05) is 6.54 Å². The standard InChI is InChI=1S/C22H26ClN3O3/c1-21(16-2-4-17(23)5-3-16)19(28)26(20(29)25-21)12-18(27)24-22-9-13-6-14(10-22)8-15(7-13)11-22/h2-5,13-15H,6-12H2,1H3,(H,24,27)(H,25,29). The molecule has 1 aromatic rings. The number of imide groups is 1. The molecular formula is C22H26ClN3O3. The molecule has 0 radical (unpaired) electrons. The van der Waals surface area contributed by atoms with E-state index in [0.29, 0.717) is 28.3 Å². The Hall–Kier alpha value is -2.08. The van der Waals surface area contributed by atoms with E-state index in [1.165, 1.54) is 19.3 Å². The van der Waals surface area contributed by atoms with Gasteiger partial charge in [0.25, 0.3) is 5.91 Å². The Morgan fingerprint density at radius 2 is 1.66 bits per heavy atom. The predicted octanol–water partition coefficient (Wildman–Crippen LogP) is 3.19. The third kappa shape index (κ3) is 3.12. The highest BCUT2D eigenvalue weighted by Gasteiger charge is 2.53. The number of carbonyl (C=O) groups excluding carboxylic acids is 3. The Labute approximate surface area is 175 Å². The Morgan fingerprint density at radius 3 is 2.21 bits per heavy atom. The molecule has 1 aromatic carbocycles. The van der Waals surface area contributed by atoms with Crippen LogP contribution in [0.4, 0.5) is 4.79 Å². The van der Waals surface area contributed by atoms with Gasteiger partial charge in [-0.25, -0.2) is 4.79 Å². The minimum Gasteiger partial charge on any atom is -0.349 e. The van der Waals surface area contributed by atoms with E-state index in [1.54, 1.807) is 31.2 Å². The minimum absolute atomic E-state index is 0.134. The molecule has 4 bridgehead atoms. The minimum atomic E-state index is -1.19. The van der Waals surface area contributed by atoms with E-state index >= 15 is 0 Å². The first-order valence-electron chi connectivity index (χ1n) is 10.5. The summed E-state index contributed by atoms with van der Waals surface area (Å²) in [4.78, 5) is 39.5. The molecule has 5 aliphatic rings. The smallest absolute Gasteiger partial charge is 0.325 e. The molecule has 4 amide bonds. The van der Waals surface area contributed by atoms with Crippen LogP contribution >= 0.6 is 11.6 Å². The second kappa shape index (κ2) is 6.46. The van der Waals surface area contributed by atoms with E-state index in [1.807, 2.05) is 0 Å². The van der Waals surface area contributed by atoms with Gasteiger partial charge in [0.2, 0.25) is 5.91 Å². The molecule has 1 unspecified atom stereocenters. The molecular weight excluding hydrogens is 390 g/mol. The summed E-state index contributed by atoms with van der Waals surface area (Å²) in [7, 11) is 0. The highest BCUT2D eigenvalue weighted by molar-refractivity contribution is 6.30. The second-order valence-corrected chi connectivity index (χ2v) is 10.1. The molecule has 1 saturated heterocycles. The van der Waals surface area contributed by atoms with Gasteiger partial charge in [-0.15, -0.1) is 0 Å². The Balaban J connectivity index is 1.29. The van der Waals surface area contributed by atoms with Crippen molar-refractivity contribution in [1.29, 1.82) is 0 Å². The molecule has 0 aromatic heterocycles. The zero-order chi connectivity index (χ0) is 20.4. The molecule has 0 spiro atoms. The van der Waals surface area contributed by atoms with Crippen molar-refractivity contribution in [3.05, 3.63) is 34.9 Å². The largest absolute Gasteiger partial charge is 0.349 e. The maximum Gasteiger partial charge on any atom is 0.325 e. The third-order valence-electron chi connectivity index (χ3n) is 7.44. The summed E-state index contributed by atoms with van der Waals surface area (Å²) >= 11 is 5.94. The van der Waals surface area contributed by atoms with E-state index in [-0.39, 0.29) is 18.0 Å². The third-order valence-corrected chi connectivity index (χ3v) is 7.69. The van der Waals surface area contributed by atoms with Crippen molar-refractivity contribution < 1.29 is 14.4 Å². The molecule has 6 rings (SSSR count). The van der Waals surface area contributed by atoms with Crippen LogP contribution in [0.5, 0.6) is 0 Å². The number of benzene rings is 1. The number of nitrogens with one attached hydrogen (secondary N) is 2. The maximum atomic E-state index is 13.1. The number of halogens is 1. The van der Waals surface area contributed by atoms with Crippen molar-refractivity contribution >= 4 is 29.4 Å². The lowest BCUT2D eigenvalue weighted by atomic mass is 9.53. The first kappa shape index (κ1) is 18.9. The van der Waals surface area contributed by atoms with Gasteiger partial charge in [0.05, 0.1) is 0 Å². The van der Waals surface area contributed by atoms with Crippen LogP contribution in [0.3, 0.4) is 0 Å². The first-order valence-corrected chi connectivity index (χ1v) is 10.9. The predicted molar refractivity (Wildman–Crippen MR) is 108 cm³/mol. The molecule has 4 aliphatic carbocycles. The number of hydrogen-bond donors (Lipinski definition) is 2. The Morgan fingerprint density at radius 1 is 1.10 bits per heavy atom. The van der Waals surface area contributed by atoms with Gasteiger partial charge in [-0.3, -0.25) is 14.5 Å². The fraction of sp³-hybridized carbons (Fsp3) is 0.591. The van der Waals surface area contributed by atoms with Crippen LogP contribution in [-0.2, 0) is 15.1 Å². The van der Waals surface area contributed by atoms with Crippen molar-refractivity contribution in [3.63, 3.8) is 0 Å². The second-order valence-electron chi connectivity index (χ2n) is 9.70. The monoisotopic (exact) mass is 415 g/mol. The summed E-state index contributed by atoms with van der Waals surface area (Å²) in [6.07, 6.45) is 6.98. The lowest BCUT2D eigenvalue weighted by Crippen LogP contribution is -2.61. The topological polar surface area (TPSA) is 78.5 Å². The van der Waals surface area contributed by atoms with Gasteiger partial charge < -0.3 is 10.6 Å². The average Bonchev–Trinajstić information content (AvgIpc) is 2.84. The first-order chi connectivity index (χ1) is 13.8. The van der Waals surface area contributed by atoms with E-state index < -0.39 is 17.5 Å². The van der Waals surface area contributed by atoms with Gasteiger partial charge in [0, 0.05) is 10.6 Å². The fourth-order valence-corrected chi connectivity index (χ4v) is 6.69. The van der Waals surface area contributed by atoms with Gasteiger partial charge >= 0.3 is 6.03 Å². The SMILES string of the molecule is CC1(c2ccc(Cl)cc2)NC(=O)N(CC(=O)NC23CC4CC(CC(C4)C2)C3)C1=O. The van der Waals surface area contributed by atoms with Crippen molar-refractivity contribution in [3.8, 4) is 0 Å². The average molecular weight is 416 g/mol. The summed E-state index contributed by atoms with van der Waals surface area (Å²) in [6, 6.07) is 6.28. The summed E-state index contributed by atoms with van der Waals surface area (Å²) in [5.41, 5.74) is -0.683. The molecule has 2 N–H and O–H groups in total. The van der Waals surface area contributed by atoms with Gasteiger partial charge in [0.1, 0.15) is 12.1 Å². The molecule has 5 fully saturated rings. The Bertz CT molecular complexity index is 849. The van der Waals surface area contributed by atoms with Crippen LogP contribution in [0, 0.1) is 17.8 Å². The maximum absolute atomic E-state index is 13.1. The molecule has 1 atom stereocenters. The molecule has 154 valence electrons. The molecule has 29 heavy (non-hydrogen) atoms. The summed E-state index contributed by atoms with van der Waals surface area (Å²) in [6.45, 7) is 1.42. The number of rotatable bonds is 4. The summed E-state index contributed by atoms with van der Waals surface area (Å²) in [5.74, 6) is 1.49. The van der Waals surface area contributed by atoms with Gasteiger partial charge in [-0.1, -0.05) is 23.7 Å². The molecule has 1 aliphatic heterocycles. The van der Waals surface area contributed by atoms with E-state index in [2.05, 4.69) is 10.6 Å². The zero-order valence-electron chi connectivity index (χ0n) is 16.5. The number of hydrogen-bond acceptors (Lipinski definition) is 3. The number of urea groups is 1. The highest BCUT2D eigenvalue weighted by atomic mass is 35.5. The lowest BCUT2D eigenvalue weighted by molar-refractivity contribution is -0.136. The Kier molecular flexibility index (Phi) is 4.21. The van der Waals surface area contributed by atoms with Gasteiger partial charge in [0.15, 0.2) is 0 Å². The molecule has 7 heteroatoms. The van der Waals surface area contributed by atoms with Gasteiger partial charge in [-0.05, 0) is 80.9 Å². The van der Waals surface area contributed by atoms with Crippen LogP contribution in [-0.4, -0.2) is 34.8 Å². The van der Waals surface area contributed by atoms with E-state index in [0.717, 1.165) is 24.2 Å². The number of nitrogens with zero attached hydrogens (tertiary/aromatic N) is 1. The molecule has 1 heterocycles. The summed E-state index contributed by atoms with van der Waals surface area (Å²) in [5, 5.41) is 6.54. The van der Waals surface area contributed by atoms with Crippen LogP contribution in [0.15, 0.2) is 24.3 Å². The molecule has 6 nitrogen and oxygen atoms in total. The van der Waals surface area contributed by atoms with Crippen molar-refractivity contribution in [1.82, 2.24) is 15.5 Å². The van der Waals surface area contributed by atoms with Gasteiger partial charge in [-0.2, -0.15) is 0 Å². The van der Waals surface area contributed by atoms with Crippen LogP contribution in [0.1, 0.15) is 51.0 Å². The van der Waals surface area contributed by atoms with E-state index in [9.17, 15) is 14.4 Å². The molecule has 4 saturated carbocycles. The highest BCUT2D eigenvalue weighted by Crippen LogP contribution is 2.55. The van der Waals surface area contributed by atoms with Crippen LogP contribution in [0.25, 0.3) is 0 Å². The quantitative estimate of drug-likeness (QED) is 0.741. The van der Waals surface area contributed by atoms with E-state index in [4.69, 9.17) is 11.6 Å². The fourth-order valence-electron chi connectivity index (χ4n) is 6.56. The number of carbonyl (C=O) groups is 3. The normalized spacial score (nSPS) is 37.7. The lowest BCUT2D eigenvalue weighted by Gasteiger charge is -2.56. The number of amides is 4. The van der Waals surface area contributed by atoms with Crippen molar-refractivity contribution in [2.45, 2.75) is 56.5 Å². The van der Waals surface area contributed by atoms with Crippen LogP contribution in [0.2, 0.25) is 5.02 Å². The van der Waals surface area contributed by atoms with Crippen LogP contribution < -0.4 is 10.6 Å². The zero-order valence-corrected chi connectivity index (χ0v) is 17.3. The van der Waals surface area contributed by atoms with Crippen molar-refractivity contribution in [2.24, 2.45) is 17.8 Å². The summed E-state index contributed by atoms with van der Waals surface area (Å²) < 4.78 is 0.